The molecule has 7 heteroatoms. The second kappa shape index (κ2) is 12.6. The molecule has 0 aliphatic rings. The van der Waals surface area contributed by atoms with Crippen molar-refractivity contribution in [3.8, 4) is 0 Å². The second-order valence-electron chi connectivity index (χ2n) is 7.61. The summed E-state index contributed by atoms with van der Waals surface area (Å²) in [4.78, 5) is 38.3. The Bertz CT molecular complexity index is 1120. The number of benzene rings is 3. The zero-order valence-corrected chi connectivity index (χ0v) is 20.1. The summed E-state index contributed by atoms with van der Waals surface area (Å²) in [5.41, 5.74) is 2.24. The number of hydrogen-bond donors (Lipinski definition) is 2. The van der Waals surface area contributed by atoms with Gasteiger partial charge in [0.2, 0.25) is 11.8 Å². The number of carbonyl (C=O) groups is 3. The Labute approximate surface area is 204 Å². The van der Waals surface area contributed by atoms with E-state index in [9.17, 15) is 14.4 Å². The van der Waals surface area contributed by atoms with Gasteiger partial charge in [-0.1, -0.05) is 55.8 Å². The van der Waals surface area contributed by atoms with Crippen LogP contribution in [-0.2, 0) is 14.3 Å². The van der Waals surface area contributed by atoms with Crippen LogP contribution in [0.25, 0.3) is 0 Å². The van der Waals surface area contributed by atoms with Crippen LogP contribution in [0, 0.1) is 0 Å². The van der Waals surface area contributed by atoms with Gasteiger partial charge in [0.15, 0.2) is 0 Å². The Morgan fingerprint density at radius 1 is 0.882 bits per heavy atom. The number of esters is 1. The summed E-state index contributed by atoms with van der Waals surface area (Å²) < 4.78 is 4.83. The van der Waals surface area contributed by atoms with E-state index in [1.165, 1.54) is 18.9 Å². The fourth-order valence-corrected chi connectivity index (χ4v) is 4.32. The van der Waals surface area contributed by atoms with Crippen molar-refractivity contribution in [2.24, 2.45) is 0 Å². The molecule has 2 amide bonds. The lowest BCUT2D eigenvalue weighted by atomic mass is 10.1. The Morgan fingerprint density at radius 3 is 2.24 bits per heavy atom. The molecule has 0 heterocycles. The quantitative estimate of drug-likeness (QED) is 0.274. The van der Waals surface area contributed by atoms with Gasteiger partial charge in [-0.15, -0.1) is 11.8 Å². The molecule has 1 atom stereocenters. The Balaban J connectivity index is 1.78. The molecule has 0 radical (unpaired) electrons. The minimum atomic E-state index is -0.558. The molecule has 34 heavy (non-hydrogen) atoms. The van der Waals surface area contributed by atoms with Gasteiger partial charge in [0.1, 0.15) is 5.25 Å². The average molecular weight is 477 g/mol. The summed E-state index contributed by atoms with van der Waals surface area (Å²) in [6.45, 7) is 2.05. The van der Waals surface area contributed by atoms with Gasteiger partial charge in [0.05, 0.1) is 18.4 Å². The first-order valence-electron chi connectivity index (χ1n) is 11.1. The maximum atomic E-state index is 13.4. The highest BCUT2D eigenvalue weighted by Crippen LogP contribution is 2.37. The number of unbranched alkanes of at least 4 members (excludes halogenated alkanes) is 1. The van der Waals surface area contributed by atoms with Gasteiger partial charge in [0.25, 0.3) is 0 Å². The predicted molar refractivity (Wildman–Crippen MR) is 136 cm³/mol. The molecule has 3 aromatic carbocycles. The Kier molecular flexibility index (Phi) is 9.29. The third kappa shape index (κ3) is 6.96. The molecule has 3 aromatic rings. The molecular formula is C27H28N2O4S. The summed E-state index contributed by atoms with van der Waals surface area (Å²) in [7, 11) is 1.31. The SMILES string of the molecule is CCCCC(=O)Nc1ccc(SC(C(=O)Nc2ccccc2C(=O)OC)c2ccccc2)cc1. The minimum absolute atomic E-state index is 0.00642. The van der Waals surface area contributed by atoms with Gasteiger partial charge in [0, 0.05) is 17.0 Å². The number of amides is 2. The summed E-state index contributed by atoms with van der Waals surface area (Å²) in [6.07, 6.45) is 2.32. The lowest BCUT2D eigenvalue weighted by molar-refractivity contribution is -0.116. The van der Waals surface area contributed by atoms with E-state index in [-0.39, 0.29) is 11.8 Å². The molecule has 0 saturated heterocycles. The first-order valence-corrected chi connectivity index (χ1v) is 12.0. The zero-order chi connectivity index (χ0) is 24.3. The number of rotatable bonds is 10. The fraction of sp³-hybridized carbons (Fsp3) is 0.222. The molecular weight excluding hydrogens is 448 g/mol. The molecule has 0 aliphatic carbocycles. The summed E-state index contributed by atoms with van der Waals surface area (Å²) in [6, 6.07) is 23.6. The number of methoxy groups -OCH3 is 1. The maximum absolute atomic E-state index is 13.4. The van der Waals surface area contributed by atoms with E-state index in [0.29, 0.717) is 17.7 Å². The molecule has 0 bridgehead atoms. The van der Waals surface area contributed by atoms with E-state index in [4.69, 9.17) is 4.74 Å². The van der Waals surface area contributed by atoms with E-state index in [0.717, 1.165) is 29.0 Å². The first-order chi connectivity index (χ1) is 16.5. The van der Waals surface area contributed by atoms with Crippen LogP contribution in [-0.4, -0.2) is 24.9 Å². The first kappa shape index (κ1) is 25.1. The number of anilines is 2. The van der Waals surface area contributed by atoms with Crippen LogP contribution in [0.4, 0.5) is 11.4 Å². The van der Waals surface area contributed by atoms with E-state index < -0.39 is 11.2 Å². The van der Waals surface area contributed by atoms with Gasteiger partial charge in [-0.25, -0.2) is 4.79 Å². The van der Waals surface area contributed by atoms with Crippen molar-refractivity contribution in [2.45, 2.75) is 36.3 Å². The molecule has 0 fully saturated rings. The van der Waals surface area contributed by atoms with Gasteiger partial charge in [-0.3, -0.25) is 9.59 Å². The predicted octanol–water partition coefficient (Wildman–Crippen LogP) is 6.07. The number of para-hydroxylation sites is 1. The highest BCUT2D eigenvalue weighted by atomic mass is 32.2. The number of thioether (sulfide) groups is 1. The average Bonchev–Trinajstić information content (AvgIpc) is 2.87. The van der Waals surface area contributed by atoms with Crippen molar-refractivity contribution in [1.82, 2.24) is 0 Å². The smallest absolute Gasteiger partial charge is 0.339 e. The minimum Gasteiger partial charge on any atom is -0.465 e. The van der Waals surface area contributed by atoms with E-state index in [1.807, 2.05) is 61.5 Å². The molecule has 6 nitrogen and oxygen atoms in total. The van der Waals surface area contributed by atoms with Crippen LogP contribution in [0.2, 0.25) is 0 Å². The summed E-state index contributed by atoms with van der Waals surface area (Å²) in [5, 5.41) is 5.22. The summed E-state index contributed by atoms with van der Waals surface area (Å²) in [5.74, 6) is -0.783. The highest BCUT2D eigenvalue weighted by molar-refractivity contribution is 8.00. The maximum Gasteiger partial charge on any atom is 0.339 e. The molecule has 176 valence electrons. The molecule has 0 aromatic heterocycles. The molecule has 1 unspecified atom stereocenters. The van der Waals surface area contributed by atoms with Gasteiger partial charge >= 0.3 is 5.97 Å². The van der Waals surface area contributed by atoms with E-state index in [1.54, 1.807) is 24.3 Å². The molecule has 0 spiro atoms. The van der Waals surface area contributed by atoms with Crippen molar-refractivity contribution >= 4 is 40.9 Å². The van der Waals surface area contributed by atoms with Crippen LogP contribution < -0.4 is 10.6 Å². The lowest BCUT2D eigenvalue weighted by Crippen LogP contribution is -2.20. The van der Waals surface area contributed by atoms with Crippen molar-refractivity contribution in [1.29, 1.82) is 0 Å². The fourth-order valence-electron chi connectivity index (χ4n) is 3.29. The van der Waals surface area contributed by atoms with Gasteiger partial charge in [-0.05, 0) is 48.4 Å². The number of nitrogens with one attached hydrogen (secondary N) is 2. The van der Waals surface area contributed by atoms with Gasteiger partial charge < -0.3 is 15.4 Å². The molecule has 0 saturated carbocycles. The Hall–Kier alpha value is -3.58. The van der Waals surface area contributed by atoms with E-state index in [2.05, 4.69) is 10.6 Å². The van der Waals surface area contributed by atoms with Crippen LogP contribution in [0.5, 0.6) is 0 Å². The number of carbonyl (C=O) groups excluding carboxylic acids is 3. The third-order valence-corrected chi connectivity index (χ3v) is 6.35. The molecule has 2 N–H and O–H groups in total. The van der Waals surface area contributed by atoms with Gasteiger partial charge in [-0.2, -0.15) is 0 Å². The van der Waals surface area contributed by atoms with Crippen LogP contribution >= 0.6 is 11.8 Å². The largest absolute Gasteiger partial charge is 0.465 e. The lowest BCUT2D eigenvalue weighted by Gasteiger charge is -2.18. The second-order valence-corrected chi connectivity index (χ2v) is 8.79. The number of hydrogen-bond acceptors (Lipinski definition) is 5. The molecule has 3 rings (SSSR count). The van der Waals surface area contributed by atoms with Crippen LogP contribution in [0.3, 0.4) is 0 Å². The Morgan fingerprint density at radius 2 is 1.56 bits per heavy atom. The van der Waals surface area contributed by atoms with Crippen molar-refractivity contribution in [2.75, 3.05) is 17.7 Å². The van der Waals surface area contributed by atoms with Crippen LogP contribution in [0.15, 0.2) is 83.8 Å². The molecule has 0 aliphatic heterocycles. The third-order valence-electron chi connectivity index (χ3n) is 5.08. The van der Waals surface area contributed by atoms with Crippen molar-refractivity contribution in [3.05, 3.63) is 90.0 Å². The van der Waals surface area contributed by atoms with Crippen molar-refractivity contribution < 1.29 is 19.1 Å². The van der Waals surface area contributed by atoms with Crippen LogP contribution in [0.1, 0.15) is 47.4 Å². The topological polar surface area (TPSA) is 84.5 Å². The van der Waals surface area contributed by atoms with Crippen molar-refractivity contribution in [3.63, 3.8) is 0 Å². The normalized spacial score (nSPS) is 11.4. The highest BCUT2D eigenvalue weighted by Gasteiger charge is 2.24. The monoisotopic (exact) mass is 476 g/mol. The summed E-state index contributed by atoms with van der Waals surface area (Å²) >= 11 is 1.39. The number of ether oxygens (including phenoxy) is 1. The standard InChI is InChI=1S/C27H28N2O4S/c1-3-4-14-24(30)28-20-15-17-21(18-16-20)34-25(19-10-6-5-7-11-19)26(31)29-23-13-9-8-12-22(23)27(32)33-2/h5-13,15-18,25H,3-4,14H2,1-2H3,(H,28,30)(H,29,31). The zero-order valence-electron chi connectivity index (χ0n) is 19.2. The van der Waals surface area contributed by atoms with E-state index >= 15 is 0 Å².